The number of nitrogens with two attached hydrogens (primary N) is 2. The smallest absolute Gasteiger partial charge is 0.337 e. The Morgan fingerprint density at radius 3 is 1.92 bits per heavy atom. The monoisotopic (exact) mass is 673 g/mol. The first-order valence-corrected chi connectivity index (χ1v) is 9.23. The Kier molecular flexibility index (Phi) is 7.44. The van der Waals surface area contributed by atoms with Gasteiger partial charge in [-0.25, -0.2) is 9.59 Å². The highest BCUT2D eigenvalue weighted by Crippen LogP contribution is 2.33. The molecule has 24 heavy (non-hydrogen) atoms. The van der Waals surface area contributed by atoms with Crippen LogP contribution < -0.4 is 16.8 Å². The van der Waals surface area contributed by atoms with Crippen molar-refractivity contribution >= 4 is 97.2 Å². The standard InChI is InChI=1S/C12H10I3N3O6/c13-6-4(7(14)9(17)8(15)5(6)12(23)24)10(20)18-2(11(21)22)1-3(16)19/h2H,1,17H2,(H2,16,19)(H,18,20)(H,21,22)(H,23,24)/t2-/m0/s1. The van der Waals surface area contributed by atoms with Crippen LogP contribution in [0.2, 0.25) is 0 Å². The highest BCUT2D eigenvalue weighted by Gasteiger charge is 2.29. The van der Waals surface area contributed by atoms with Gasteiger partial charge in [0.05, 0.1) is 30.4 Å². The SMILES string of the molecule is NC(=O)C[C@H](NC(=O)c1c(I)c(N)c(I)c(C(=O)O)c1I)C(=O)O. The molecule has 9 nitrogen and oxygen atoms in total. The van der Waals surface area contributed by atoms with Gasteiger partial charge < -0.3 is 27.0 Å². The van der Waals surface area contributed by atoms with Gasteiger partial charge in [0.2, 0.25) is 5.91 Å². The van der Waals surface area contributed by atoms with Crippen LogP contribution in [0.15, 0.2) is 0 Å². The molecule has 0 aliphatic heterocycles. The van der Waals surface area contributed by atoms with Crippen LogP contribution in [0.3, 0.4) is 0 Å². The molecule has 0 heterocycles. The number of nitrogen functional groups attached to an aromatic ring is 1. The van der Waals surface area contributed by atoms with Crippen molar-refractivity contribution in [1.29, 1.82) is 0 Å². The molecule has 0 aliphatic rings. The van der Waals surface area contributed by atoms with Crippen LogP contribution in [0.5, 0.6) is 0 Å². The van der Waals surface area contributed by atoms with Crippen molar-refractivity contribution in [3.63, 3.8) is 0 Å². The van der Waals surface area contributed by atoms with Gasteiger partial charge in [0.1, 0.15) is 6.04 Å². The van der Waals surface area contributed by atoms with Gasteiger partial charge in [0, 0.05) is 3.57 Å². The average Bonchev–Trinajstić information content (AvgIpc) is 2.43. The van der Waals surface area contributed by atoms with Crippen LogP contribution >= 0.6 is 67.8 Å². The van der Waals surface area contributed by atoms with Crippen LogP contribution in [0.4, 0.5) is 5.69 Å². The lowest BCUT2D eigenvalue weighted by Gasteiger charge is -2.17. The average molecular weight is 673 g/mol. The molecule has 130 valence electrons. The molecule has 1 aromatic rings. The largest absolute Gasteiger partial charge is 0.480 e. The fourth-order valence-corrected chi connectivity index (χ4v) is 5.82. The second kappa shape index (κ2) is 8.45. The topological polar surface area (TPSA) is 173 Å². The molecule has 0 aliphatic carbocycles. The molecule has 12 heteroatoms. The van der Waals surface area contributed by atoms with E-state index in [1.807, 2.05) is 0 Å². The zero-order chi connectivity index (χ0) is 18.8. The summed E-state index contributed by atoms with van der Waals surface area (Å²) >= 11 is 5.22. The number of hydrogen-bond donors (Lipinski definition) is 5. The third-order valence-corrected chi connectivity index (χ3v) is 6.12. The minimum atomic E-state index is -1.53. The molecule has 7 N–H and O–H groups in total. The fourth-order valence-electron chi connectivity index (χ4n) is 1.70. The Hall–Kier alpha value is -0.910. The maximum absolute atomic E-state index is 12.4. The van der Waals surface area contributed by atoms with Gasteiger partial charge in [0.15, 0.2) is 0 Å². The minimum Gasteiger partial charge on any atom is -0.480 e. The van der Waals surface area contributed by atoms with E-state index in [0.717, 1.165) is 0 Å². The summed E-state index contributed by atoms with van der Waals surface area (Å²) in [5.74, 6) is -4.47. The molecule has 0 bridgehead atoms. The van der Waals surface area contributed by atoms with E-state index < -0.39 is 36.2 Å². The van der Waals surface area contributed by atoms with E-state index >= 15 is 0 Å². The summed E-state index contributed by atoms with van der Waals surface area (Å²) < 4.78 is 0.674. The third kappa shape index (κ3) is 4.58. The lowest BCUT2D eigenvalue weighted by atomic mass is 10.1. The minimum absolute atomic E-state index is 0.0674. The Labute approximate surface area is 176 Å². The Balaban J connectivity index is 3.40. The Morgan fingerprint density at radius 1 is 1.00 bits per heavy atom. The van der Waals surface area contributed by atoms with Gasteiger partial charge in [-0.3, -0.25) is 9.59 Å². The molecule has 2 amide bonds. The van der Waals surface area contributed by atoms with Crippen molar-refractivity contribution < 1.29 is 29.4 Å². The van der Waals surface area contributed by atoms with E-state index in [0.29, 0.717) is 0 Å². The number of nitrogens with one attached hydrogen (secondary N) is 1. The van der Waals surface area contributed by atoms with Gasteiger partial charge in [-0.1, -0.05) is 0 Å². The van der Waals surface area contributed by atoms with Crippen molar-refractivity contribution in [3.05, 3.63) is 21.8 Å². The molecule has 0 aromatic heterocycles. The predicted molar refractivity (Wildman–Crippen MR) is 109 cm³/mol. The predicted octanol–water partition coefficient (Wildman–Crippen LogP) is 0.839. The lowest BCUT2D eigenvalue weighted by molar-refractivity contribution is -0.140. The van der Waals surface area contributed by atoms with Gasteiger partial charge >= 0.3 is 11.9 Å². The molecule has 0 unspecified atom stereocenters. The third-order valence-electron chi connectivity index (χ3n) is 2.80. The van der Waals surface area contributed by atoms with Crippen molar-refractivity contribution in [2.45, 2.75) is 12.5 Å². The van der Waals surface area contributed by atoms with E-state index in [2.05, 4.69) is 5.32 Å². The summed E-state index contributed by atoms with van der Waals surface area (Å²) in [5.41, 5.74) is 10.7. The van der Waals surface area contributed by atoms with E-state index in [9.17, 15) is 24.3 Å². The fraction of sp³-hybridized carbons (Fsp3) is 0.167. The second-order valence-electron chi connectivity index (χ2n) is 4.45. The number of hydrogen-bond acceptors (Lipinski definition) is 5. The molecule has 1 atom stereocenters. The van der Waals surface area contributed by atoms with Crippen molar-refractivity contribution in [1.82, 2.24) is 5.32 Å². The zero-order valence-electron chi connectivity index (χ0n) is 11.6. The normalized spacial score (nSPS) is 11.6. The maximum Gasteiger partial charge on any atom is 0.337 e. The van der Waals surface area contributed by atoms with E-state index in [1.54, 1.807) is 67.8 Å². The van der Waals surface area contributed by atoms with E-state index in [1.165, 1.54) is 0 Å². The molecule has 0 fully saturated rings. The van der Waals surface area contributed by atoms with Crippen molar-refractivity contribution in [2.75, 3.05) is 5.73 Å². The van der Waals surface area contributed by atoms with Gasteiger partial charge in [-0.2, -0.15) is 0 Å². The summed E-state index contributed by atoms with van der Waals surface area (Å²) in [6.45, 7) is 0. The van der Waals surface area contributed by atoms with Crippen LogP contribution in [0.1, 0.15) is 27.1 Å². The molecular weight excluding hydrogens is 663 g/mol. The number of aromatic carboxylic acids is 1. The lowest BCUT2D eigenvalue weighted by Crippen LogP contribution is -2.44. The number of rotatable bonds is 6. The molecule has 0 saturated heterocycles. The zero-order valence-corrected chi connectivity index (χ0v) is 18.1. The number of aliphatic carboxylic acids is 1. The van der Waals surface area contributed by atoms with Crippen molar-refractivity contribution in [3.8, 4) is 0 Å². The maximum atomic E-state index is 12.4. The highest BCUT2D eigenvalue weighted by molar-refractivity contribution is 14.1. The summed E-state index contributed by atoms with van der Waals surface area (Å²) in [7, 11) is 0. The number of carbonyl (C=O) groups excluding carboxylic acids is 2. The van der Waals surface area contributed by atoms with Gasteiger partial charge in [-0.05, 0) is 67.8 Å². The summed E-state index contributed by atoms with van der Waals surface area (Å²) in [6, 6.07) is -1.53. The number of amides is 2. The van der Waals surface area contributed by atoms with Crippen LogP contribution in [-0.4, -0.2) is 40.0 Å². The van der Waals surface area contributed by atoms with Crippen LogP contribution in [0.25, 0.3) is 0 Å². The second-order valence-corrected chi connectivity index (χ2v) is 7.68. The first-order valence-electron chi connectivity index (χ1n) is 6.00. The number of carboxylic acid groups (broad SMARTS) is 2. The van der Waals surface area contributed by atoms with E-state index in [-0.39, 0.29) is 27.5 Å². The molecule has 1 aromatic carbocycles. The number of anilines is 1. The van der Waals surface area contributed by atoms with E-state index in [4.69, 9.17) is 16.6 Å². The van der Waals surface area contributed by atoms with Crippen LogP contribution in [0, 0.1) is 10.7 Å². The first kappa shape index (κ1) is 21.1. The number of benzene rings is 1. The number of halogens is 3. The Bertz CT molecular complexity index is 752. The molecular formula is C12H10I3N3O6. The van der Waals surface area contributed by atoms with Crippen molar-refractivity contribution in [2.24, 2.45) is 5.73 Å². The highest BCUT2D eigenvalue weighted by atomic mass is 127. The molecule has 0 saturated carbocycles. The summed E-state index contributed by atoms with van der Waals surface area (Å²) in [6.07, 6.45) is -0.597. The number of carboxylic acids is 2. The Morgan fingerprint density at radius 2 is 1.50 bits per heavy atom. The molecule has 1 rings (SSSR count). The number of carbonyl (C=O) groups is 4. The van der Waals surface area contributed by atoms with Crippen LogP contribution in [-0.2, 0) is 9.59 Å². The number of primary amides is 1. The molecule has 0 radical (unpaired) electrons. The molecule has 0 spiro atoms. The van der Waals surface area contributed by atoms with Gasteiger partial charge in [-0.15, -0.1) is 0 Å². The quantitative estimate of drug-likeness (QED) is 0.220. The van der Waals surface area contributed by atoms with Gasteiger partial charge in [0.25, 0.3) is 5.91 Å². The first-order chi connectivity index (χ1) is 11.0. The summed E-state index contributed by atoms with van der Waals surface area (Å²) in [4.78, 5) is 45.9. The summed E-state index contributed by atoms with van der Waals surface area (Å²) in [5, 5.41) is 20.5.